The van der Waals surface area contributed by atoms with Crippen molar-refractivity contribution in [1.29, 1.82) is 0 Å². The number of aromatic nitrogens is 2. The molecule has 0 aliphatic carbocycles. The van der Waals surface area contributed by atoms with Crippen LogP contribution in [0.4, 0.5) is 23.4 Å². The molecule has 0 bridgehead atoms. The summed E-state index contributed by atoms with van der Waals surface area (Å²) in [4.78, 5) is 6.28. The number of ether oxygens (including phenoxy) is 1. The van der Waals surface area contributed by atoms with E-state index in [4.69, 9.17) is 10.5 Å². The van der Waals surface area contributed by atoms with Crippen molar-refractivity contribution < 1.29 is 22.3 Å². The van der Waals surface area contributed by atoms with Gasteiger partial charge in [-0.15, -0.1) is 0 Å². The van der Waals surface area contributed by atoms with Crippen LogP contribution < -0.4 is 10.5 Å². The van der Waals surface area contributed by atoms with E-state index >= 15 is 0 Å². The number of benzene rings is 1. The highest BCUT2D eigenvalue weighted by atomic mass is 79.9. The van der Waals surface area contributed by atoms with Crippen molar-refractivity contribution in [2.24, 2.45) is 0 Å². The minimum atomic E-state index is -4.74. The Morgan fingerprint density at radius 3 is 2.45 bits per heavy atom. The molecule has 2 rings (SSSR count). The molecule has 1 aromatic heterocycles. The van der Waals surface area contributed by atoms with E-state index in [2.05, 4.69) is 25.9 Å². The number of halogens is 5. The molecule has 0 aliphatic rings. The van der Waals surface area contributed by atoms with Gasteiger partial charge in [0.2, 0.25) is 11.7 Å². The summed E-state index contributed by atoms with van der Waals surface area (Å²) in [5.41, 5.74) is 5.27. The van der Waals surface area contributed by atoms with Crippen LogP contribution in [0.1, 0.15) is 5.82 Å². The average Bonchev–Trinajstić information content (AvgIpc) is 2.31. The van der Waals surface area contributed by atoms with Gasteiger partial charge in [-0.3, -0.25) is 0 Å². The van der Waals surface area contributed by atoms with E-state index in [0.717, 1.165) is 18.2 Å². The standard InChI is InChI=1S/C11H6BrF4N3O/c12-6-3-5(13)1-2-7(6)20-9-4-8(17)18-10(19-9)11(14,15)16/h1-4H,(H2,17,18,19). The van der Waals surface area contributed by atoms with Gasteiger partial charge in [-0.1, -0.05) is 0 Å². The third-order valence-electron chi connectivity index (χ3n) is 2.08. The molecule has 2 N–H and O–H groups in total. The first-order valence-corrected chi connectivity index (χ1v) is 5.89. The second-order valence-corrected chi connectivity index (χ2v) is 4.48. The average molecular weight is 352 g/mol. The van der Waals surface area contributed by atoms with E-state index in [1.807, 2.05) is 0 Å². The largest absolute Gasteiger partial charge is 0.451 e. The monoisotopic (exact) mass is 351 g/mol. The SMILES string of the molecule is Nc1cc(Oc2ccc(F)cc2Br)nc(C(F)(F)F)n1. The van der Waals surface area contributed by atoms with Gasteiger partial charge in [0.25, 0.3) is 0 Å². The molecule has 1 aromatic carbocycles. The molecule has 0 amide bonds. The lowest BCUT2D eigenvalue weighted by molar-refractivity contribution is -0.145. The van der Waals surface area contributed by atoms with Gasteiger partial charge in [0, 0.05) is 6.07 Å². The lowest BCUT2D eigenvalue weighted by Gasteiger charge is -2.10. The normalized spacial score (nSPS) is 11.4. The fourth-order valence-electron chi connectivity index (χ4n) is 1.29. The number of nitrogen functional groups attached to an aromatic ring is 1. The number of hydrogen-bond acceptors (Lipinski definition) is 4. The van der Waals surface area contributed by atoms with Crippen molar-refractivity contribution in [2.75, 3.05) is 5.73 Å². The maximum atomic E-state index is 12.9. The molecule has 0 fully saturated rings. The fourth-order valence-corrected chi connectivity index (χ4v) is 1.72. The molecule has 0 aliphatic heterocycles. The van der Waals surface area contributed by atoms with Gasteiger partial charge >= 0.3 is 6.18 Å². The summed E-state index contributed by atoms with van der Waals surface area (Å²) in [5.74, 6) is -2.62. The maximum Gasteiger partial charge on any atom is 0.451 e. The van der Waals surface area contributed by atoms with E-state index in [0.29, 0.717) is 0 Å². The van der Waals surface area contributed by atoms with Crippen molar-refractivity contribution in [3.05, 3.63) is 40.4 Å². The van der Waals surface area contributed by atoms with Gasteiger partial charge in [-0.05, 0) is 34.1 Å². The van der Waals surface area contributed by atoms with Gasteiger partial charge in [0.1, 0.15) is 17.4 Å². The van der Waals surface area contributed by atoms with E-state index in [1.54, 1.807) is 0 Å². The molecule has 0 saturated carbocycles. The summed E-state index contributed by atoms with van der Waals surface area (Å²) in [6.45, 7) is 0. The van der Waals surface area contributed by atoms with Crippen LogP contribution in [0.25, 0.3) is 0 Å². The molecule has 4 nitrogen and oxygen atoms in total. The predicted molar refractivity (Wildman–Crippen MR) is 65.6 cm³/mol. The summed E-state index contributed by atoms with van der Waals surface area (Å²) in [7, 11) is 0. The van der Waals surface area contributed by atoms with Crippen molar-refractivity contribution >= 4 is 21.7 Å². The highest BCUT2D eigenvalue weighted by Crippen LogP contribution is 2.32. The van der Waals surface area contributed by atoms with E-state index in [-0.39, 0.29) is 16.0 Å². The summed E-state index contributed by atoms with van der Waals surface area (Å²) in [6.07, 6.45) is -4.74. The number of hydrogen-bond donors (Lipinski definition) is 1. The zero-order chi connectivity index (χ0) is 14.9. The van der Waals surface area contributed by atoms with Gasteiger partial charge < -0.3 is 10.5 Å². The Morgan fingerprint density at radius 2 is 1.85 bits per heavy atom. The molecule has 106 valence electrons. The van der Waals surface area contributed by atoms with Gasteiger partial charge in [0.05, 0.1) is 4.47 Å². The van der Waals surface area contributed by atoms with Crippen LogP contribution in [0.5, 0.6) is 11.6 Å². The molecule has 0 spiro atoms. The second kappa shape index (κ2) is 5.23. The maximum absolute atomic E-state index is 12.9. The molecular formula is C11H6BrF4N3O. The second-order valence-electron chi connectivity index (χ2n) is 3.63. The Kier molecular flexibility index (Phi) is 3.80. The van der Waals surface area contributed by atoms with Gasteiger partial charge in [-0.25, -0.2) is 9.37 Å². The summed E-state index contributed by atoms with van der Waals surface area (Å²) in [6, 6.07) is 4.47. The summed E-state index contributed by atoms with van der Waals surface area (Å²) in [5, 5.41) is 0. The Balaban J connectivity index is 2.36. The molecule has 2 aromatic rings. The molecule has 1 heterocycles. The van der Waals surface area contributed by atoms with Crippen LogP contribution in [0.15, 0.2) is 28.7 Å². The topological polar surface area (TPSA) is 61.0 Å². The van der Waals surface area contributed by atoms with Crippen molar-refractivity contribution in [2.45, 2.75) is 6.18 Å². The molecule has 0 radical (unpaired) electrons. The molecule has 0 saturated heterocycles. The Labute approximate surface area is 118 Å². The van der Waals surface area contributed by atoms with Crippen molar-refractivity contribution in [3.63, 3.8) is 0 Å². The van der Waals surface area contributed by atoms with Crippen LogP contribution in [0.3, 0.4) is 0 Å². The number of nitrogens with zero attached hydrogens (tertiary/aromatic N) is 2. The van der Waals surface area contributed by atoms with Crippen LogP contribution in [0.2, 0.25) is 0 Å². The Morgan fingerprint density at radius 1 is 1.15 bits per heavy atom. The molecular weight excluding hydrogens is 346 g/mol. The van der Waals surface area contributed by atoms with Crippen molar-refractivity contribution in [3.8, 4) is 11.6 Å². The quantitative estimate of drug-likeness (QED) is 0.836. The zero-order valence-corrected chi connectivity index (χ0v) is 11.2. The van der Waals surface area contributed by atoms with Crippen LogP contribution in [0, 0.1) is 5.82 Å². The van der Waals surface area contributed by atoms with Crippen LogP contribution >= 0.6 is 15.9 Å². The number of rotatable bonds is 2. The lowest BCUT2D eigenvalue weighted by Crippen LogP contribution is -2.12. The first-order valence-electron chi connectivity index (χ1n) is 5.10. The highest BCUT2D eigenvalue weighted by molar-refractivity contribution is 9.10. The van der Waals surface area contributed by atoms with Gasteiger partial charge in [-0.2, -0.15) is 18.2 Å². The zero-order valence-electron chi connectivity index (χ0n) is 9.58. The Hall–Kier alpha value is -1.90. The smallest absolute Gasteiger partial charge is 0.438 e. The first-order chi connectivity index (χ1) is 9.25. The highest BCUT2D eigenvalue weighted by Gasteiger charge is 2.35. The molecule has 0 unspecified atom stereocenters. The first kappa shape index (κ1) is 14.5. The molecule has 9 heteroatoms. The van der Waals surface area contributed by atoms with Crippen molar-refractivity contribution in [1.82, 2.24) is 9.97 Å². The number of nitrogens with two attached hydrogens (primary N) is 1. The third-order valence-corrected chi connectivity index (χ3v) is 2.70. The summed E-state index contributed by atoms with van der Waals surface area (Å²) >= 11 is 3.02. The predicted octanol–water partition coefficient (Wildman–Crippen LogP) is 3.77. The summed E-state index contributed by atoms with van der Waals surface area (Å²) < 4.78 is 55.8. The third kappa shape index (κ3) is 3.35. The molecule has 0 atom stereocenters. The fraction of sp³-hybridized carbons (Fsp3) is 0.0909. The number of anilines is 1. The van der Waals surface area contributed by atoms with E-state index < -0.39 is 23.7 Å². The van der Waals surface area contributed by atoms with E-state index in [9.17, 15) is 17.6 Å². The minimum absolute atomic E-state index is 0.0950. The van der Waals surface area contributed by atoms with Crippen LogP contribution in [-0.2, 0) is 6.18 Å². The van der Waals surface area contributed by atoms with E-state index in [1.165, 1.54) is 6.07 Å². The van der Waals surface area contributed by atoms with Gasteiger partial charge in [0.15, 0.2) is 0 Å². The number of alkyl halides is 3. The molecule has 20 heavy (non-hydrogen) atoms. The Bertz CT molecular complexity index is 648. The minimum Gasteiger partial charge on any atom is -0.438 e. The van der Waals surface area contributed by atoms with Crippen LogP contribution in [-0.4, -0.2) is 9.97 Å². The lowest BCUT2D eigenvalue weighted by atomic mass is 10.3.